The lowest BCUT2D eigenvalue weighted by Gasteiger charge is -2.15. The zero-order valence-corrected chi connectivity index (χ0v) is 9.79. The third kappa shape index (κ3) is 2.96. The largest absolute Gasteiger partial charge is 0.496 e. The van der Waals surface area contributed by atoms with E-state index in [9.17, 15) is 5.11 Å². The molecule has 1 unspecified atom stereocenters. The van der Waals surface area contributed by atoms with Gasteiger partial charge in [0.15, 0.2) is 0 Å². The van der Waals surface area contributed by atoms with Crippen molar-refractivity contribution < 1.29 is 9.84 Å². The second kappa shape index (κ2) is 5.76. The molecule has 1 atom stereocenters. The molecule has 0 amide bonds. The summed E-state index contributed by atoms with van der Waals surface area (Å²) in [6, 6.07) is 6.13. The molecule has 1 aromatic rings. The van der Waals surface area contributed by atoms with Crippen LogP contribution in [0.4, 0.5) is 0 Å². The highest BCUT2D eigenvalue weighted by Crippen LogP contribution is 2.26. The van der Waals surface area contributed by atoms with E-state index in [-0.39, 0.29) is 12.5 Å². The van der Waals surface area contributed by atoms with Crippen molar-refractivity contribution in [2.24, 2.45) is 0 Å². The fraction of sp³-hybridized carbons (Fsp3) is 0.538. The number of aliphatic hydroxyl groups excluding tert-OH is 1. The molecule has 1 rings (SSSR count). The van der Waals surface area contributed by atoms with E-state index in [0.29, 0.717) is 0 Å². The van der Waals surface area contributed by atoms with Crippen molar-refractivity contribution in [3.05, 3.63) is 29.3 Å². The Labute approximate surface area is 91.9 Å². The van der Waals surface area contributed by atoms with Gasteiger partial charge in [0.25, 0.3) is 0 Å². The van der Waals surface area contributed by atoms with Crippen LogP contribution in [0, 0.1) is 6.92 Å². The van der Waals surface area contributed by atoms with Crippen LogP contribution in [0.5, 0.6) is 5.75 Å². The van der Waals surface area contributed by atoms with E-state index in [4.69, 9.17) is 4.74 Å². The summed E-state index contributed by atoms with van der Waals surface area (Å²) in [7, 11) is 1.68. The first-order chi connectivity index (χ1) is 7.22. The Kier molecular flexibility index (Phi) is 4.63. The second-order valence-corrected chi connectivity index (χ2v) is 3.90. The Balaban J connectivity index is 2.89. The summed E-state index contributed by atoms with van der Waals surface area (Å²) in [6.45, 7) is 4.39. The van der Waals surface area contributed by atoms with Crippen molar-refractivity contribution in [3.63, 3.8) is 0 Å². The molecule has 2 nitrogen and oxygen atoms in total. The standard InChI is InChI=1S/C13H20O2/c1-4-5-12(9-14)11-6-7-13(15-3)10(2)8-11/h6-8,12,14H,4-5,9H2,1-3H3. The van der Waals surface area contributed by atoms with Crippen LogP contribution in [0.15, 0.2) is 18.2 Å². The van der Waals surface area contributed by atoms with Crippen LogP contribution < -0.4 is 4.74 Å². The number of aryl methyl sites for hydroxylation is 1. The molecule has 0 aliphatic carbocycles. The third-order valence-corrected chi connectivity index (χ3v) is 2.75. The first-order valence-corrected chi connectivity index (χ1v) is 5.48. The summed E-state index contributed by atoms with van der Waals surface area (Å²) in [6.07, 6.45) is 2.12. The van der Waals surface area contributed by atoms with Gasteiger partial charge >= 0.3 is 0 Å². The first kappa shape index (κ1) is 12.1. The molecule has 0 saturated carbocycles. The quantitative estimate of drug-likeness (QED) is 0.806. The average Bonchev–Trinajstić information content (AvgIpc) is 2.25. The number of hydrogen-bond donors (Lipinski definition) is 1. The molecule has 15 heavy (non-hydrogen) atoms. The van der Waals surface area contributed by atoms with Crippen LogP contribution in [0.1, 0.15) is 36.8 Å². The summed E-state index contributed by atoms with van der Waals surface area (Å²) in [5.74, 6) is 1.17. The number of ether oxygens (including phenoxy) is 1. The fourth-order valence-electron chi connectivity index (χ4n) is 1.87. The van der Waals surface area contributed by atoms with Gasteiger partial charge < -0.3 is 9.84 Å². The van der Waals surface area contributed by atoms with E-state index in [1.165, 1.54) is 5.56 Å². The highest BCUT2D eigenvalue weighted by atomic mass is 16.5. The summed E-state index contributed by atoms with van der Waals surface area (Å²) >= 11 is 0. The molecule has 0 aliphatic rings. The van der Waals surface area contributed by atoms with Crippen molar-refractivity contribution in [1.82, 2.24) is 0 Å². The van der Waals surface area contributed by atoms with E-state index < -0.39 is 0 Å². The van der Waals surface area contributed by atoms with Crippen LogP contribution in [0.25, 0.3) is 0 Å². The highest BCUT2D eigenvalue weighted by Gasteiger charge is 2.10. The Hall–Kier alpha value is -1.02. The summed E-state index contributed by atoms with van der Waals surface area (Å²) in [5.41, 5.74) is 2.34. The number of methoxy groups -OCH3 is 1. The predicted octanol–water partition coefficient (Wildman–Crippen LogP) is 2.88. The highest BCUT2D eigenvalue weighted by molar-refractivity contribution is 5.37. The Morgan fingerprint density at radius 3 is 2.60 bits per heavy atom. The zero-order chi connectivity index (χ0) is 11.3. The van der Waals surface area contributed by atoms with Gasteiger partial charge in [0.2, 0.25) is 0 Å². The molecule has 2 heteroatoms. The number of aliphatic hydroxyl groups is 1. The minimum atomic E-state index is 0.222. The molecule has 0 aromatic heterocycles. The summed E-state index contributed by atoms with van der Waals surface area (Å²) in [5, 5.41) is 9.30. The molecule has 1 N–H and O–H groups in total. The second-order valence-electron chi connectivity index (χ2n) is 3.90. The maximum Gasteiger partial charge on any atom is 0.121 e. The molecule has 0 saturated heterocycles. The van der Waals surface area contributed by atoms with Gasteiger partial charge in [-0.1, -0.05) is 25.5 Å². The van der Waals surface area contributed by atoms with Gasteiger partial charge in [0, 0.05) is 12.5 Å². The summed E-state index contributed by atoms with van der Waals surface area (Å²) < 4.78 is 5.21. The third-order valence-electron chi connectivity index (χ3n) is 2.75. The van der Waals surface area contributed by atoms with Crippen LogP contribution in [0.3, 0.4) is 0 Å². The molecule has 0 fully saturated rings. The molecule has 0 aliphatic heterocycles. The first-order valence-electron chi connectivity index (χ1n) is 5.48. The van der Waals surface area contributed by atoms with Gasteiger partial charge in [-0.05, 0) is 30.5 Å². The molecular formula is C13H20O2. The van der Waals surface area contributed by atoms with Crippen LogP contribution in [-0.2, 0) is 0 Å². The number of hydrogen-bond acceptors (Lipinski definition) is 2. The van der Waals surface area contributed by atoms with Crippen molar-refractivity contribution in [2.45, 2.75) is 32.6 Å². The monoisotopic (exact) mass is 208 g/mol. The Morgan fingerprint density at radius 2 is 2.13 bits per heavy atom. The lowest BCUT2D eigenvalue weighted by molar-refractivity contribution is 0.258. The Bertz CT molecular complexity index is 307. The van der Waals surface area contributed by atoms with Crippen molar-refractivity contribution in [2.75, 3.05) is 13.7 Å². The van der Waals surface area contributed by atoms with Crippen LogP contribution in [-0.4, -0.2) is 18.8 Å². The van der Waals surface area contributed by atoms with Gasteiger partial charge in [0.05, 0.1) is 7.11 Å². The van der Waals surface area contributed by atoms with Gasteiger partial charge in [-0.2, -0.15) is 0 Å². The molecule has 0 heterocycles. The molecule has 1 aromatic carbocycles. The van der Waals surface area contributed by atoms with Crippen LogP contribution >= 0.6 is 0 Å². The van der Waals surface area contributed by atoms with Crippen molar-refractivity contribution in [1.29, 1.82) is 0 Å². The number of rotatable bonds is 5. The lowest BCUT2D eigenvalue weighted by Crippen LogP contribution is -2.04. The maximum atomic E-state index is 9.30. The molecule has 0 spiro atoms. The maximum absolute atomic E-state index is 9.30. The topological polar surface area (TPSA) is 29.5 Å². The van der Waals surface area contributed by atoms with Crippen molar-refractivity contribution in [3.8, 4) is 5.75 Å². The number of benzene rings is 1. The van der Waals surface area contributed by atoms with Gasteiger partial charge in [-0.25, -0.2) is 0 Å². The smallest absolute Gasteiger partial charge is 0.121 e. The Morgan fingerprint density at radius 1 is 1.40 bits per heavy atom. The minimum absolute atomic E-state index is 0.222. The normalized spacial score (nSPS) is 12.5. The van der Waals surface area contributed by atoms with Gasteiger partial charge in [0.1, 0.15) is 5.75 Å². The predicted molar refractivity (Wildman–Crippen MR) is 62.5 cm³/mol. The molecule has 84 valence electrons. The van der Waals surface area contributed by atoms with Crippen molar-refractivity contribution >= 4 is 0 Å². The van der Waals surface area contributed by atoms with E-state index >= 15 is 0 Å². The lowest BCUT2D eigenvalue weighted by atomic mass is 9.94. The summed E-state index contributed by atoms with van der Waals surface area (Å²) in [4.78, 5) is 0. The van der Waals surface area contributed by atoms with E-state index in [0.717, 1.165) is 24.2 Å². The fourth-order valence-corrected chi connectivity index (χ4v) is 1.87. The zero-order valence-electron chi connectivity index (χ0n) is 9.79. The van der Waals surface area contributed by atoms with E-state index in [1.54, 1.807) is 7.11 Å². The van der Waals surface area contributed by atoms with Gasteiger partial charge in [-0.15, -0.1) is 0 Å². The van der Waals surface area contributed by atoms with E-state index in [2.05, 4.69) is 13.0 Å². The molecule has 0 radical (unpaired) electrons. The van der Waals surface area contributed by atoms with Gasteiger partial charge in [-0.3, -0.25) is 0 Å². The van der Waals surface area contributed by atoms with Crippen LogP contribution in [0.2, 0.25) is 0 Å². The molecular weight excluding hydrogens is 188 g/mol. The SMILES string of the molecule is CCCC(CO)c1ccc(OC)c(C)c1. The average molecular weight is 208 g/mol. The van der Waals surface area contributed by atoms with E-state index in [1.807, 2.05) is 19.1 Å². The minimum Gasteiger partial charge on any atom is -0.496 e. The molecule has 0 bridgehead atoms.